The molecule has 2 aromatic heterocycles. The molecule has 2 aromatic carbocycles. The summed E-state index contributed by atoms with van der Waals surface area (Å²) in [5.74, 6) is -1.65. The monoisotopic (exact) mass is 534 g/mol. The predicted octanol–water partition coefficient (Wildman–Crippen LogP) is 5.16. The Hall–Kier alpha value is -4.41. The molecule has 9 nitrogen and oxygen atoms in total. The van der Waals surface area contributed by atoms with E-state index in [9.17, 15) is 14.0 Å². The number of hydrogen-bond donors (Lipinski definition) is 1. The van der Waals surface area contributed by atoms with Gasteiger partial charge in [-0.05, 0) is 57.9 Å². The largest absolute Gasteiger partial charge is 0.444 e. The summed E-state index contributed by atoms with van der Waals surface area (Å²) in [6.07, 6.45) is 2.32. The molecule has 2 N–H and O–H groups in total. The topological polar surface area (TPSA) is 116 Å². The van der Waals surface area contributed by atoms with Gasteiger partial charge in [-0.15, -0.1) is 0 Å². The molecule has 3 heterocycles. The molecule has 0 radical (unpaired) electrons. The van der Waals surface area contributed by atoms with E-state index in [0.717, 1.165) is 12.1 Å². The molecule has 202 valence electrons. The van der Waals surface area contributed by atoms with Crippen molar-refractivity contribution in [2.24, 2.45) is 0 Å². The van der Waals surface area contributed by atoms with Gasteiger partial charge < -0.3 is 15.4 Å². The van der Waals surface area contributed by atoms with Crippen LogP contribution < -0.4 is 5.73 Å². The first-order valence-corrected chi connectivity index (χ1v) is 12.6. The van der Waals surface area contributed by atoms with Crippen molar-refractivity contribution in [3.8, 4) is 11.3 Å². The standard InChI is InChI=1S/C28H28F2N6O3/c1-28(2,3)39-27(38)35-11-5-8-19(14-35)36-26-22(25(31)32-15-33-26)23(34-36)20-10-9-17(13-21(20)30)24(37)16-6-4-7-18(29)12-16/h4,6-7,9-10,12-13,15,19H,5,8,11,14H2,1-3H3,(H2,31,32,33). The van der Waals surface area contributed by atoms with Crippen LogP contribution in [-0.2, 0) is 4.74 Å². The van der Waals surface area contributed by atoms with Crippen molar-refractivity contribution in [3.63, 3.8) is 0 Å². The van der Waals surface area contributed by atoms with Crippen LogP contribution in [0.4, 0.5) is 19.4 Å². The molecule has 39 heavy (non-hydrogen) atoms. The van der Waals surface area contributed by atoms with Gasteiger partial charge in [-0.2, -0.15) is 5.10 Å². The van der Waals surface area contributed by atoms with Crippen molar-refractivity contribution < 1.29 is 23.1 Å². The third-order valence-corrected chi connectivity index (χ3v) is 6.49. The highest BCUT2D eigenvalue weighted by molar-refractivity contribution is 6.09. The Balaban J connectivity index is 1.51. The molecule has 4 aromatic rings. The van der Waals surface area contributed by atoms with Crippen molar-refractivity contribution in [2.45, 2.75) is 45.3 Å². The van der Waals surface area contributed by atoms with E-state index in [1.807, 2.05) is 20.8 Å². The fourth-order valence-electron chi connectivity index (χ4n) is 4.73. The number of rotatable bonds is 4. The lowest BCUT2D eigenvalue weighted by Gasteiger charge is -2.34. The van der Waals surface area contributed by atoms with Crippen LogP contribution in [0.2, 0.25) is 0 Å². The molecule has 0 bridgehead atoms. The van der Waals surface area contributed by atoms with Crippen molar-refractivity contribution in [1.29, 1.82) is 0 Å². The summed E-state index contributed by atoms with van der Waals surface area (Å²) >= 11 is 0. The number of nitrogen functional groups attached to an aromatic ring is 1. The number of amides is 1. The van der Waals surface area contributed by atoms with Gasteiger partial charge in [-0.1, -0.05) is 18.2 Å². The van der Waals surface area contributed by atoms with Crippen LogP contribution in [0.3, 0.4) is 0 Å². The first-order valence-electron chi connectivity index (χ1n) is 12.6. The average Bonchev–Trinajstić information content (AvgIpc) is 3.28. The van der Waals surface area contributed by atoms with Crippen LogP contribution in [0.25, 0.3) is 22.3 Å². The first kappa shape index (κ1) is 26.2. The Kier molecular flexibility index (Phi) is 6.75. The first-order chi connectivity index (χ1) is 18.5. The third kappa shape index (κ3) is 5.29. The smallest absolute Gasteiger partial charge is 0.410 e. The van der Waals surface area contributed by atoms with E-state index in [-0.39, 0.29) is 34.2 Å². The lowest BCUT2D eigenvalue weighted by molar-refractivity contribution is 0.0169. The van der Waals surface area contributed by atoms with Crippen molar-refractivity contribution in [3.05, 3.63) is 71.6 Å². The molecule has 1 fully saturated rings. The molecule has 1 aliphatic rings. The number of benzene rings is 2. The van der Waals surface area contributed by atoms with Gasteiger partial charge in [-0.3, -0.25) is 4.79 Å². The van der Waals surface area contributed by atoms with E-state index < -0.39 is 29.1 Å². The average molecular weight is 535 g/mol. The number of halogens is 2. The molecular formula is C28H28F2N6O3. The molecular weight excluding hydrogens is 506 g/mol. The number of anilines is 1. The highest BCUT2D eigenvalue weighted by Crippen LogP contribution is 2.35. The number of hydrogen-bond acceptors (Lipinski definition) is 7. The molecule has 1 unspecified atom stereocenters. The summed E-state index contributed by atoms with van der Waals surface area (Å²) in [5.41, 5.74) is 6.49. The summed E-state index contributed by atoms with van der Waals surface area (Å²) < 4.78 is 36.3. The SMILES string of the molecule is CC(C)(C)OC(=O)N1CCCC(n2nc(-c3ccc(C(=O)c4cccc(F)c4)cc3F)c3c(N)ncnc32)C1. The van der Waals surface area contributed by atoms with Gasteiger partial charge in [0.25, 0.3) is 0 Å². The van der Waals surface area contributed by atoms with Gasteiger partial charge >= 0.3 is 6.09 Å². The number of piperidine rings is 1. The normalized spacial score (nSPS) is 15.9. The molecule has 1 saturated heterocycles. The number of likely N-dealkylation sites (tertiary alicyclic amines) is 1. The molecule has 11 heteroatoms. The maximum absolute atomic E-state index is 15.5. The highest BCUT2D eigenvalue weighted by atomic mass is 19.1. The van der Waals surface area contributed by atoms with Gasteiger partial charge in [0, 0.05) is 29.8 Å². The van der Waals surface area contributed by atoms with E-state index in [1.165, 1.54) is 36.7 Å². The molecule has 5 rings (SSSR count). The minimum atomic E-state index is -0.703. The molecule has 1 aliphatic heterocycles. The van der Waals surface area contributed by atoms with Gasteiger partial charge in [-0.25, -0.2) is 28.2 Å². The van der Waals surface area contributed by atoms with Crippen LogP contribution >= 0.6 is 0 Å². The molecule has 1 amide bonds. The number of nitrogens with two attached hydrogens (primary N) is 1. The quantitative estimate of drug-likeness (QED) is 0.360. The van der Waals surface area contributed by atoms with E-state index >= 15 is 4.39 Å². The zero-order chi connectivity index (χ0) is 27.9. The number of fused-ring (bicyclic) bond motifs is 1. The van der Waals surface area contributed by atoms with E-state index in [1.54, 1.807) is 9.58 Å². The number of carbonyl (C=O) groups is 2. The van der Waals surface area contributed by atoms with Crippen LogP contribution in [-0.4, -0.2) is 55.2 Å². The van der Waals surface area contributed by atoms with Crippen LogP contribution in [0.5, 0.6) is 0 Å². The number of aromatic nitrogens is 4. The van der Waals surface area contributed by atoms with Gasteiger partial charge in [0.05, 0.1) is 11.4 Å². The van der Waals surface area contributed by atoms with Crippen molar-refractivity contribution in [1.82, 2.24) is 24.6 Å². The predicted molar refractivity (Wildman–Crippen MR) is 141 cm³/mol. The number of carbonyl (C=O) groups excluding carboxylic acids is 2. The Morgan fingerprint density at radius 3 is 2.56 bits per heavy atom. The Labute approximate surface area is 223 Å². The summed E-state index contributed by atoms with van der Waals surface area (Å²) in [6, 6.07) is 8.96. The Morgan fingerprint density at radius 1 is 1.08 bits per heavy atom. The Bertz CT molecular complexity index is 1580. The molecule has 0 saturated carbocycles. The maximum atomic E-state index is 15.5. The lowest BCUT2D eigenvalue weighted by atomic mass is 10.00. The maximum Gasteiger partial charge on any atom is 0.410 e. The minimum Gasteiger partial charge on any atom is -0.444 e. The van der Waals surface area contributed by atoms with E-state index in [2.05, 4.69) is 9.97 Å². The van der Waals surface area contributed by atoms with Crippen LogP contribution in [0.1, 0.15) is 55.6 Å². The number of ether oxygens (including phenoxy) is 1. The van der Waals surface area contributed by atoms with Crippen molar-refractivity contribution >= 4 is 28.7 Å². The molecule has 0 aliphatic carbocycles. The van der Waals surface area contributed by atoms with Crippen molar-refractivity contribution in [2.75, 3.05) is 18.8 Å². The zero-order valence-electron chi connectivity index (χ0n) is 21.8. The second-order valence-electron chi connectivity index (χ2n) is 10.5. The lowest BCUT2D eigenvalue weighted by Crippen LogP contribution is -2.43. The van der Waals surface area contributed by atoms with Gasteiger partial charge in [0.2, 0.25) is 0 Å². The van der Waals surface area contributed by atoms with Gasteiger partial charge in [0.15, 0.2) is 11.4 Å². The summed E-state index contributed by atoms with van der Waals surface area (Å²) in [7, 11) is 0. The molecule has 0 spiro atoms. The zero-order valence-corrected chi connectivity index (χ0v) is 21.8. The van der Waals surface area contributed by atoms with Gasteiger partial charge in [0.1, 0.15) is 35.1 Å². The fourth-order valence-corrected chi connectivity index (χ4v) is 4.73. The summed E-state index contributed by atoms with van der Waals surface area (Å²) in [4.78, 5) is 35.6. The second kappa shape index (κ2) is 10.0. The minimum absolute atomic E-state index is 0.0649. The Morgan fingerprint density at radius 2 is 1.85 bits per heavy atom. The summed E-state index contributed by atoms with van der Waals surface area (Å²) in [5, 5.41) is 5.07. The third-order valence-electron chi connectivity index (χ3n) is 6.49. The highest BCUT2D eigenvalue weighted by Gasteiger charge is 2.31. The van der Waals surface area contributed by atoms with E-state index in [0.29, 0.717) is 37.0 Å². The summed E-state index contributed by atoms with van der Waals surface area (Å²) in [6.45, 7) is 6.31. The number of nitrogens with zero attached hydrogens (tertiary/aromatic N) is 5. The fraction of sp³-hybridized carbons (Fsp3) is 0.321. The van der Waals surface area contributed by atoms with Crippen LogP contribution in [0.15, 0.2) is 48.8 Å². The van der Waals surface area contributed by atoms with E-state index in [4.69, 9.17) is 15.6 Å². The molecule has 1 atom stereocenters. The second-order valence-corrected chi connectivity index (χ2v) is 10.5. The van der Waals surface area contributed by atoms with Crippen LogP contribution in [0, 0.1) is 11.6 Å². The number of ketones is 1.